The lowest BCUT2D eigenvalue weighted by molar-refractivity contribution is 0.212. The van der Waals surface area contributed by atoms with Crippen molar-refractivity contribution in [1.82, 2.24) is 0 Å². The number of hydrogen-bond donors (Lipinski definition) is 0. The van der Waals surface area contributed by atoms with Crippen molar-refractivity contribution < 1.29 is 4.79 Å². The molecule has 0 heterocycles. The van der Waals surface area contributed by atoms with Crippen LogP contribution in [-0.4, -0.2) is 12.1 Å². The van der Waals surface area contributed by atoms with Crippen molar-refractivity contribution >= 4 is 6.08 Å². The van der Waals surface area contributed by atoms with Gasteiger partial charge in [0.05, 0.1) is 6.04 Å². The quantitative estimate of drug-likeness (QED) is 0.486. The third kappa shape index (κ3) is 2.41. The van der Waals surface area contributed by atoms with E-state index >= 15 is 0 Å². The normalized spacial score (nSPS) is 33.8. The standard InChI is InChI=1S/C11H19NO/c1-3-9-6-5-7-10(4-2)11(9)12-8-13/h9-11H,3-7H2,1-2H3. The van der Waals surface area contributed by atoms with E-state index in [1.165, 1.54) is 19.3 Å². The summed E-state index contributed by atoms with van der Waals surface area (Å²) in [4.78, 5) is 14.3. The fourth-order valence-electron chi connectivity index (χ4n) is 2.53. The van der Waals surface area contributed by atoms with E-state index in [9.17, 15) is 4.79 Å². The zero-order chi connectivity index (χ0) is 9.68. The molecule has 2 nitrogen and oxygen atoms in total. The van der Waals surface area contributed by atoms with Crippen LogP contribution in [0.5, 0.6) is 0 Å². The first kappa shape index (κ1) is 10.5. The maximum absolute atomic E-state index is 10.3. The van der Waals surface area contributed by atoms with Crippen LogP contribution in [0.2, 0.25) is 0 Å². The lowest BCUT2D eigenvalue weighted by Crippen LogP contribution is -2.31. The van der Waals surface area contributed by atoms with Gasteiger partial charge in [0.25, 0.3) is 0 Å². The summed E-state index contributed by atoms with van der Waals surface area (Å²) in [6.07, 6.45) is 7.82. The van der Waals surface area contributed by atoms with Crippen molar-refractivity contribution in [3.8, 4) is 0 Å². The Kier molecular flexibility index (Phi) is 4.17. The predicted octanol–water partition coefficient (Wildman–Crippen LogP) is 2.93. The van der Waals surface area contributed by atoms with E-state index in [1.54, 1.807) is 6.08 Å². The summed E-state index contributed by atoms with van der Waals surface area (Å²) >= 11 is 0. The van der Waals surface area contributed by atoms with Gasteiger partial charge in [-0.2, -0.15) is 0 Å². The Morgan fingerprint density at radius 1 is 1.23 bits per heavy atom. The van der Waals surface area contributed by atoms with Crippen molar-refractivity contribution in [2.45, 2.75) is 52.0 Å². The van der Waals surface area contributed by atoms with E-state index in [0.29, 0.717) is 11.8 Å². The van der Waals surface area contributed by atoms with Gasteiger partial charge >= 0.3 is 0 Å². The summed E-state index contributed by atoms with van der Waals surface area (Å²) in [7, 11) is 0. The summed E-state index contributed by atoms with van der Waals surface area (Å²) in [5, 5.41) is 0. The Bertz CT molecular complexity index is 184. The van der Waals surface area contributed by atoms with Crippen LogP contribution in [0.25, 0.3) is 0 Å². The van der Waals surface area contributed by atoms with Gasteiger partial charge < -0.3 is 0 Å². The van der Waals surface area contributed by atoms with Gasteiger partial charge in [0, 0.05) is 0 Å². The average molecular weight is 181 g/mol. The van der Waals surface area contributed by atoms with Gasteiger partial charge in [0.1, 0.15) is 0 Å². The van der Waals surface area contributed by atoms with E-state index in [4.69, 9.17) is 0 Å². The minimum absolute atomic E-state index is 0.265. The molecule has 0 bridgehead atoms. The first-order valence-corrected chi connectivity index (χ1v) is 5.40. The second kappa shape index (κ2) is 5.18. The highest BCUT2D eigenvalue weighted by atomic mass is 16.1. The molecule has 0 aliphatic heterocycles. The second-order valence-electron chi connectivity index (χ2n) is 3.98. The Labute approximate surface area is 80.4 Å². The van der Waals surface area contributed by atoms with Gasteiger partial charge in [-0.15, -0.1) is 0 Å². The van der Waals surface area contributed by atoms with Crippen molar-refractivity contribution in [3.05, 3.63) is 0 Å². The smallest absolute Gasteiger partial charge is 0.211 e. The van der Waals surface area contributed by atoms with E-state index in [0.717, 1.165) is 12.8 Å². The van der Waals surface area contributed by atoms with Gasteiger partial charge in [0.2, 0.25) is 6.08 Å². The highest BCUT2D eigenvalue weighted by Crippen LogP contribution is 2.35. The molecule has 1 saturated carbocycles. The third-order valence-electron chi connectivity index (χ3n) is 3.37. The summed E-state index contributed by atoms with van der Waals surface area (Å²) < 4.78 is 0. The molecule has 2 atom stereocenters. The highest BCUT2D eigenvalue weighted by Gasteiger charge is 2.30. The minimum atomic E-state index is 0.265. The van der Waals surface area contributed by atoms with Crippen molar-refractivity contribution in [3.63, 3.8) is 0 Å². The van der Waals surface area contributed by atoms with Crippen LogP contribution in [0, 0.1) is 11.8 Å². The summed E-state index contributed by atoms with van der Waals surface area (Å²) in [6, 6.07) is 0.265. The third-order valence-corrected chi connectivity index (χ3v) is 3.37. The molecular weight excluding hydrogens is 162 g/mol. The average Bonchev–Trinajstić information content (AvgIpc) is 2.18. The van der Waals surface area contributed by atoms with Crippen LogP contribution in [0.4, 0.5) is 0 Å². The van der Waals surface area contributed by atoms with Crippen molar-refractivity contribution in [2.75, 3.05) is 0 Å². The van der Waals surface area contributed by atoms with Crippen LogP contribution in [0.3, 0.4) is 0 Å². The van der Waals surface area contributed by atoms with Gasteiger partial charge in [-0.3, -0.25) is 0 Å². The number of carbonyl (C=O) groups excluding carboxylic acids is 1. The predicted molar refractivity (Wildman–Crippen MR) is 53.3 cm³/mol. The van der Waals surface area contributed by atoms with Crippen LogP contribution in [-0.2, 0) is 4.79 Å². The fraction of sp³-hybridized carbons (Fsp3) is 0.909. The molecule has 13 heavy (non-hydrogen) atoms. The van der Waals surface area contributed by atoms with Crippen molar-refractivity contribution in [2.24, 2.45) is 16.8 Å². The van der Waals surface area contributed by atoms with Crippen LogP contribution in [0.15, 0.2) is 4.99 Å². The monoisotopic (exact) mass is 181 g/mol. The molecular formula is C11H19NO. The number of nitrogens with zero attached hydrogens (tertiary/aromatic N) is 1. The molecule has 0 spiro atoms. The van der Waals surface area contributed by atoms with Gasteiger partial charge in [-0.1, -0.05) is 33.1 Å². The summed E-state index contributed by atoms with van der Waals surface area (Å²) in [6.45, 7) is 4.38. The second-order valence-corrected chi connectivity index (χ2v) is 3.98. The SMILES string of the molecule is CCC1CCCC(CC)C1N=C=O. The van der Waals surface area contributed by atoms with Crippen molar-refractivity contribution in [1.29, 1.82) is 0 Å². The Balaban J connectivity index is 2.69. The molecule has 0 aromatic rings. The molecule has 0 amide bonds. The van der Waals surface area contributed by atoms with Crippen LogP contribution >= 0.6 is 0 Å². The lowest BCUT2D eigenvalue weighted by Gasteiger charge is -2.33. The number of hydrogen-bond acceptors (Lipinski definition) is 2. The topological polar surface area (TPSA) is 29.4 Å². The Morgan fingerprint density at radius 3 is 2.15 bits per heavy atom. The maximum Gasteiger partial charge on any atom is 0.235 e. The number of rotatable bonds is 3. The molecule has 1 rings (SSSR count). The number of aliphatic imine (C=N–C) groups is 1. The summed E-state index contributed by atoms with van der Waals surface area (Å²) in [5.74, 6) is 1.25. The molecule has 2 unspecified atom stereocenters. The highest BCUT2D eigenvalue weighted by molar-refractivity contribution is 5.33. The molecule has 1 aliphatic rings. The molecule has 0 aromatic carbocycles. The van der Waals surface area contributed by atoms with E-state index in [-0.39, 0.29) is 6.04 Å². The molecule has 1 aliphatic carbocycles. The molecule has 0 radical (unpaired) electrons. The van der Waals surface area contributed by atoms with Gasteiger partial charge in [0.15, 0.2) is 0 Å². The molecule has 74 valence electrons. The van der Waals surface area contributed by atoms with Gasteiger partial charge in [-0.25, -0.2) is 9.79 Å². The molecule has 2 heteroatoms. The van der Waals surface area contributed by atoms with E-state index in [2.05, 4.69) is 18.8 Å². The van der Waals surface area contributed by atoms with E-state index < -0.39 is 0 Å². The zero-order valence-corrected chi connectivity index (χ0v) is 8.62. The van der Waals surface area contributed by atoms with E-state index in [1.807, 2.05) is 0 Å². The molecule has 0 saturated heterocycles. The fourth-order valence-corrected chi connectivity index (χ4v) is 2.53. The maximum atomic E-state index is 10.3. The summed E-state index contributed by atoms with van der Waals surface area (Å²) in [5.41, 5.74) is 0. The van der Waals surface area contributed by atoms with Gasteiger partial charge in [-0.05, 0) is 24.7 Å². The van der Waals surface area contributed by atoms with Crippen LogP contribution < -0.4 is 0 Å². The molecule has 0 N–H and O–H groups in total. The first-order chi connectivity index (χ1) is 6.33. The molecule has 1 fully saturated rings. The zero-order valence-electron chi connectivity index (χ0n) is 8.62. The minimum Gasteiger partial charge on any atom is -0.211 e. The molecule has 0 aromatic heterocycles. The largest absolute Gasteiger partial charge is 0.235 e. The first-order valence-electron chi connectivity index (χ1n) is 5.40. The number of isocyanates is 1. The van der Waals surface area contributed by atoms with Crippen LogP contribution in [0.1, 0.15) is 46.0 Å². The Morgan fingerprint density at radius 2 is 1.77 bits per heavy atom. The Hall–Kier alpha value is -0.620. The lowest BCUT2D eigenvalue weighted by atomic mass is 9.75.